The van der Waals surface area contributed by atoms with Crippen molar-refractivity contribution in [2.24, 2.45) is 0 Å². The van der Waals surface area contributed by atoms with Crippen LogP contribution in [0, 0.1) is 5.82 Å². The van der Waals surface area contributed by atoms with E-state index in [1.807, 2.05) is 18.2 Å². The molecule has 0 radical (unpaired) electrons. The highest BCUT2D eigenvalue weighted by molar-refractivity contribution is 7.98. The van der Waals surface area contributed by atoms with E-state index in [2.05, 4.69) is 11.9 Å². The van der Waals surface area contributed by atoms with Gasteiger partial charge in [0, 0.05) is 25.0 Å². The maximum absolute atomic E-state index is 13.6. The predicted molar refractivity (Wildman–Crippen MR) is 70.1 cm³/mol. The Morgan fingerprint density at radius 3 is 2.81 bits per heavy atom. The molecule has 0 saturated heterocycles. The van der Waals surface area contributed by atoms with Crippen molar-refractivity contribution in [2.75, 3.05) is 24.0 Å². The van der Waals surface area contributed by atoms with Crippen LogP contribution in [0.1, 0.15) is 13.3 Å². The van der Waals surface area contributed by atoms with Gasteiger partial charge >= 0.3 is 0 Å². The van der Waals surface area contributed by atoms with Crippen LogP contribution in [0.5, 0.6) is 0 Å². The fourth-order valence-corrected chi connectivity index (χ4v) is 2.52. The number of thioether (sulfide) groups is 1. The maximum Gasteiger partial charge on any atom is 0.167 e. The lowest BCUT2D eigenvalue weighted by Gasteiger charge is -2.27. The van der Waals surface area contributed by atoms with Crippen LogP contribution in [0.2, 0.25) is 5.02 Å². The number of hydrogen-bond donors (Lipinski definition) is 0. The molecule has 0 bridgehead atoms. The summed E-state index contributed by atoms with van der Waals surface area (Å²) in [7, 11) is 1.86. The molecule has 0 saturated carbocycles. The molecule has 5 heteroatoms. The van der Waals surface area contributed by atoms with Crippen molar-refractivity contribution in [3.05, 3.63) is 23.1 Å². The molecule has 1 unspecified atom stereocenters. The third-order valence-electron chi connectivity index (χ3n) is 2.50. The fourth-order valence-electron chi connectivity index (χ4n) is 1.54. The van der Waals surface area contributed by atoms with Gasteiger partial charge in [-0.05, 0) is 18.7 Å². The summed E-state index contributed by atoms with van der Waals surface area (Å²) >= 11 is 7.42. The fraction of sp³-hybridized carbons (Fsp3) is 0.545. The quantitative estimate of drug-likeness (QED) is 0.809. The molecule has 0 spiro atoms. The van der Waals surface area contributed by atoms with Gasteiger partial charge in [0.15, 0.2) is 11.6 Å². The Hall–Kier alpha value is -0.480. The number of anilines is 1. The molecule has 2 nitrogen and oxygen atoms in total. The normalized spacial score (nSPS) is 12.6. The summed E-state index contributed by atoms with van der Waals surface area (Å²) in [5.74, 6) is 0.955. The van der Waals surface area contributed by atoms with Crippen LogP contribution in [-0.2, 0) is 0 Å². The highest BCUT2D eigenvalue weighted by Gasteiger charge is 2.17. The number of nitrogens with zero attached hydrogens (tertiary/aromatic N) is 2. The number of pyridine rings is 1. The van der Waals surface area contributed by atoms with Gasteiger partial charge in [-0.3, -0.25) is 0 Å². The first kappa shape index (κ1) is 13.6. The van der Waals surface area contributed by atoms with Gasteiger partial charge in [-0.1, -0.05) is 18.5 Å². The number of halogens is 2. The highest BCUT2D eigenvalue weighted by atomic mass is 35.5. The first-order chi connectivity index (χ1) is 7.60. The molecule has 1 aromatic heterocycles. The van der Waals surface area contributed by atoms with Gasteiger partial charge in [0.2, 0.25) is 0 Å². The third kappa shape index (κ3) is 3.25. The maximum atomic E-state index is 13.6. The zero-order chi connectivity index (χ0) is 12.1. The lowest BCUT2D eigenvalue weighted by atomic mass is 10.2. The molecule has 1 atom stereocenters. The standard InChI is InChI=1S/C11H16ClFN2S/c1-4-9(7-16-3)15(2)11-10(13)5-8(12)6-14-11/h5-6,9H,4,7H2,1-3H3. The van der Waals surface area contributed by atoms with Crippen LogP contribution in [0.3, 0.4) is 0 Å². The molecule has 0 aliphatic carbocycles. The monoisotopic (exact) mass is 262 g/mol. The highest BCUT2D eigenvalue weighted by Crippen LogP contribution is 2.22. The van der Waals surface area contributed by atoms with Crippen molar-refractivity contribution in [2.45, 2.75) is 19.4 Å². The van der Waals surface area contributed by atoms with Gasteiger partial charge in [0.05, 0.1) is 5.02 Å². The zero-order valence-electron chi connectivity index (χ0n) is 9.70. The summed E-state index contributed by atoms with van der Waals surface area (Å²) in [6, 6.07) is 1.59. The minimum absolute atomic E-state index is 0.290. The number of aromatic nitrogens is 1. The Bertz CT molecular complexity index is 349. The molecular formula is C11H16ClFN2S. The van der Waals surface area contributed by atoms with E-state index in [1.165, 1.54) is 12.3 Å². The largest absolute Gasteiger partial charge is 0.353 e. The lowest BCUT2D eigenvalue weighted by molar-refractivity contribution is 0.593. The van der Waals surface area contributed by atoms with Crippen LogP contribution < -0.4 is 4.90 Å². The summed E-state index contributed by atoms with van der Waals surface area (Å²) < 4.78 is 13.6. The molecule has 90 valence electrons. The van der Waals surface area contributed by atoms with Gasteiger partial charge in [0.1, 0.15) is 0 Å². The Morgan fingerprint density at radius 1 is 1.62 bits per heavy atom. The van der Waals surface area contributed by atoms with Crippen molar-refractivity contribution in [3.63, 3.8) is 0 Å². The van der Waals surface area contributed by atoms with Crippen LogP contribution >= 0.6 is 23.4 Å². The minimum atomic E-state index is -0.366. The average Bonchev–Trinajstić information content (AvgIpc) is 2.25. The molecule has 16 heavy (non-hydrogen) atoms. The third-order valence-corrected chi connectivity index (χ3v) is 3.43. The van der Waals surface area contributed by atoms with Crippen LogP contribution in [0.4, 0.5) is 10.2 Å². The minimum Gasteiger partial charge on any atom is -0.353 e. The molecule has 1 aromatic rings. The van der Waals surface area contributed by atoms with Crippen LogP contribution in [-0.4, -0.2) is 30.1 Å². The van der Waals surface area contributed by atoms with Gasteiger partial charge in [0.25, 0.3) is 0 Å². The van der Waals surface area contributed by atoms with Crippen molar-refractivity contribution < 1.29 is 4.39 Å². The topological polar surface area (TPSA) is 16.1 Å². The molecule has 0 amide bonds. The van der Waals surface area contributed by atoms with E-state index >= 15 is 0 Å². The van der Waals surface area contributed by atoms with Gasteiger partial charge in [-0.15, -0.1) is 0 Å². The van der Waals surface area contributed by atoms with E-state index in [1.54, 1.807) is 11.8 Å². The predicted octanol–water partition coefficient (Wildman–Crippen LogP) is 3.45. The Kier molecular flexibility index (Phi) is 5.35. The second-order valence-corrected chi connectivity index (χ2v) is 4.93. The van der Waals surface area contributed by atoms with Gasteiger partial charge in [-0.25, -0.2) is 9.37 Å². The summed E-state index contributed by atoms with van der Waals surface area (Å²) in [4.78, 5) is 5.92. The smallest absolute Gasteiger partial charge is 0.167 e. The van der Waals surface area contributed by atoms with E-state index in [9.17, 15) is 4.39 Å². The Morgan fingerprint density at radius 2 is 2.31 bits per heavy atom. The second-order valence-electron chi connectivity index (χ2n) is 3.59. The van der Waals surface area contributed by atoms with Crippen molar-refractivity contribution >= 4 is 29.2 Å². The molecule has 0 aliphatic heterocycles. The van der Waals surface area contributed by atoms with Gasteiger partial charge in [-0.2, -0.15) is 11.8 Å². The van der Waals surface area contributed by atoms with E-state index in [0.717, 1.165) is 12.2 Å². The Labute approximate surface area is 105 Å². The van der Waals surface area contributed by atoms with Crippen molar-refractivity contribution in [1.29, 1.82) is 0 Å². The van der Waals surface area contributed by atoms with E-state index < -0.39 is 0 Å². The molecule has 1 rings (SSSR count). The van der Waals surface area contributed by atoms with Crippen molar-refractivity contribution in [1.82, 2.24) is 4.98 Å². The number of rotatable bonds is 5. The SMILES string of the molecule is CCC(CSC)N(C)c1ncc(Cl)cc1F. The van der Waals surface area contributed by atoms with E-state index in [4.69, 9.17) is 11.6 Å². The molecular weight excluding hydrogens is 247 g/mol. The summed E-state index contributed by atoms with van der Waals surface area (Å²) in [5.41, 5.74) is 0. The Balaban J connectivity index is 2.89. The van der Waals surface area contributed by atoms with Crippen LogP contribution in [0.15, 0.2) is 12.3 Å². The summed E-state index contributed by atoms with van der Waals surface area (Å²) in [6.45, 7) is 2.09. The van der Waals surface area contributed by atoms with Gasteiger partial charge < -0.3 is 4.90 Å². The first-order valence-corrected chi connectivity index (χ1v) is 6.90. The van der Waals surface area contributed by atoms with Crippen molar-refractivity contribution in [3.8, 4) is 0 Å². The molecule has 0 N–H and O–H groups in total. The summed E-state index contributed by atoms with van der Waals surface area (Å²) in [5, 5.41) is 0.326. The van der Waals surface area contributed by atoms with Crippen LogP contribution in [0.25, 0.3) is 0 Å². The zero-order valence-corrected chi connectivity index (χ0v) is 11.3. The van der Waals surface area contributed by atoms with E-state index in [0.29, 0.717) is 10.8 Å². The lowest BCUT2D eigenvalue weighted by Crippen LogP contribution is -2.34. The molecule has 1 heterocycles. The molecule has 0 fully saturated rings. The molecule has 0 aliphatic rings. The molecule has 0 aromatic carbocycles. The first-order valence-electron chi connectivity index (χ1n) is 5.13. The second kappa shape index (κ2) is 6.30. The average molecular weight is 263 g/mol. The number of hydrogen-bond acceptors (Lipinski definition) is 3. The summed E-state index contributed by atoms with van der Waals surface area (Å²) in [6.07, 6.45) is 4.48. The van der Waals surface area contributed by atoms with E-state index in [-0.39, 0.29) is 11.9 Å².